The van der Waals surface area contributed by atoms with Crippen molar-refractivity contribution in [2.24, 2.45) is 17.3 Å². The zero-order valence-corrected chi connectivity index (χ0v) is 6.10. The summed E-state index contributed by atoms with van der Waals surface area (Å²) in [7, 11) is 0. The molecule has 0 aromatic carbocycles. The Labute approximate surface area is 60.7 Å². The minimum Gasteiger partial charge on any atom is -0.374 e. The molecule has 3 aliphatic carbocycles. The van der Waals surface area contributed by atoms with Crippen LogP contribution in [0.15, 0.2) is 0 Å². The Morgan fingerprint density at radius 2 is 2.10 bits per heavy atom. The Hall–Kier alpha value is -0.0400. The van der Waals surface area contributed by atoms with Crippen LogP contribution in [0.4, 0.5) is 0 Å². The lowest BCUT2D eigenvalue weighted by Crippen LogP contribution is -2.67. The Morgan fingerprint density at radius 1 is 1.20 bits per heavy atom. The summed E-state index contributed by atoms with van der Waals surface area (Å²) in [6, 6.07) is 0. The molecule has 4 fully saturated rings. The van der Waals surface area contributed by atoms with Crippen molar-refractivity contribution in [3.8, 4) is 0 Å². The van der Waals surface area contributed by atoms with E-state index in [2.05, 4.69) is 0 Å². The second-order valence-corrected chi connectivity index (χ2v) is 4.70. The van der Waals surface area contributed by atoms with E-state index in [0.717, 1.165) is 23.9 Å². The van der Waals surface area contributed by atoms with E-state index in [9.17, 15) is 0 Å². The normalized spacial score (nSPS) is 74.4. The van der Waals surface area contributed by atoms with Crippen LogP contribution < -0.4 is 0 Å². The van der Waals surface area contributed by atoms with E-state index >= 15 is 0 Å². The van der Waals surface area contributed by atoms with Gasteiger partial charge in [-0.2, -0.15) is 0 Å². The highest BCUT2D eigenvalue weighted by atomic mass is 16.5. The predicted molar refractivity (Wildman–Crippen MR) is 36.6 cm³/mol. The van der Waals surface area contributed by atoms with E-state index in [1.54, 1.807) is 0 Å². The van der Waals surface area contributed by atoms with Crippen LogP contribution in [0.1, 0.15) is 25.7 Å². The number of rotatable bonds is 0. The summed E-state index contributed by atoms with van der Waals surface area (Å²) in [5.74, 6) is 2.10. The predicted octanol–water partition coefficient (Wildman–Crippen LogP) is 1.58. The fraction of sp³-hybridized carbons (Fsp3) is 1.00. The van der Waals surface area contributed by atoms with Crippen molar-refractivity contribution in [3.05, 3.63) is 0 Å². The lowest BCUT2D eigenvalue weighted by Gasteiger charge is -2.63. The Morgan fingerprint density at radius 3 is 2.50 bits per heavy atom. The molecule has 1 saturated heterocycles. The molecule has 1 nitrogen and oxygen atoms in total. The van der Waals surface area contributed by atoms with Crippen molar-refractivity contribution < 1.29 is 4.74 Å². The smallest absolute Gasteiger partial charge is 0.0791 e. The third kappa shape index (κ3) is 0.230. The van der Waals surface area contributed by atoms with Crippen LogP contribution in [0.3, 0.4) is 0 Å². The Bertz CT molecular complexity index is 223. The van der Waals surface area contributed by atoms with Gasteiger partial charge in [0.1, 0.15) is 0 Å². The molecule has 54 valence electrons. The SMILES string of the molecule is C1C[C@]23OC[C@H]2C[C@@]32C[C@@H]12. The lowest BCUT2D eigenvalue weighted by molar-refractivity contribution is -0.305. The van der Waals surface area contributed by atoms with Gasteiger partial charge in [0.15, 0.2) is 0 Å². The van der Waals surface area contributed by atoms with Gasteiger partial charge >= 0.3 is 0 Å². The first-order chi connectivity index (χ1) is 4.87. The van der Waals surface area contributed by atoms with E-state index in [4.69, 9.17) is 4.74 Å². The highest BCUT2D eigenvalue weighted by Gasteiger charge is 2.83. The molecular weight excluding hydrogens is 124 g/mol. The molecule has 0 unspecified atom stereocenters. The van der Waals surface area contributed by atoms with Gasteiger partial charge in [-0.05, 0) is 31.6 Å². The van der Waals surface area contributed by atoms with Crippen LogP contribution >= 0.6 is 0 Å². The van der Waals surface area contributed by atoms with E-state index in [1.165, 1.54) is 25.7 Å². The molecule has 4 aliphatic rings. The minimum absolute atomic E-state index is 0.484. The zero-order chi connectivity index (χ0) is 6.40. The van der Waals surface area contributed by atoms with Gasteiger partial charge in [-0.25, -0.2) is 0 Å². The summed E-state index contributed by atoms with van der Waals surface area (Å²) in [6.07, 6.45) is 5.93. The van der Waals surface area contributed by atoms with Gasteiger partial charge in [0.25, 0.3) is 0 Å². The molecule has 0 aromatic heterocycles. The molecule has 3 saturated carbocycles. The standard InChI is InChI=1S/C9H12O/c1-2-9-7(5-10-9)4-8(9)3-6(1)8/h6-7H,1-5H2/t6-,7-,8-,9+/m1/s1. The fourth-order valence-corrected chi connectivity index (χ4v) is 4.10. The first-order valence-electron chi connectivity index (χ1n) is 4.51. The average molecular weight is 136 g/mol. The molecule has 0 radical (unpaired) electrons. The summed E-state index contributed by atoms with van der Waals surface area (Å²) >= 11 is 0. The van der Waals surface area contributed by atoms with E-state index in [0.29, 0.717) is 5.60 Å². The van der Waals surface area contributed by atoms with E-state index < -0.39 is 0 Å². The van der Waals surface area contributed by atoms with Crippen molar-refractivity contribution in [2.45, 2.75) is 31.3 Å². The van der Waals surface area contributed by atoms with Crippen LogP contribution in [-0.4, -0.2) is 12.2 Å². The second-order valence-electron chi connectivity index (χ2n) is 4.70. The average Bonchev–Trinajstić information content (AvgIpc) is 2.56. The van der Waals surface area contributed by atoms with Crippen molar-refractivity contribution in [3.63, 3.8) is 0 Å². The molecular formula is C9H12O. The van der Waals surface area contributed by atoms with Crippen molar-refractivity contribution in [1.29, 1.82) is 0 Å². The van der Waals surface area contributed by atoms with E-state index in [-0.39, 0.29) is 0 Å². The number of ether oxygens (including phenoxy) is 1. The summed E-state index contributed by atoms with van der Waals surface area (Å²) in [4.78, 5) is 0. The van der Waals surface area contributed by atoms with Gasteiger partial charge < -0.3 is 4.74 Å². The zero-order valence-electron chi connectivity index (χ0n) is 6.10. The topological polar surface area (TPSA) is 9.23 Å². The summed E-state index contributed by atoms with van der Waals surface area (Å²) in [5.41, 5.74) is 1.26. The quantitative estimate of drug-likeness (QED) is 0.491. The highest BCUT2D eigenvalue weighted by molar-refractivity contribution is 5.32. The lowest BCUT2D eigenvalue weighted by atomic mass is 9.55. The molecule has 0 aromatic rings. The van der Waals surface area contributed by atoms with Crippen LogP contribution in [0.2, 0.25) is 0 Å². The van der Waals surface area contributed by atoms with Gasteiger partial charge in [-0.3, -0.25) is 0 Å². The van der Waals surface area contributed by atoms with Crippen LogP contribution in [-0.2, 0) is 4.74 Å². The fourth-order valence-electron chi connectivity index (χ4n) is 4.10. The molecule has 0 amide bonds. The maximum Gasteiger partial charge on any atom is 0.0791 e. The van der Waals surface area contributed by atoms with Crippen molar-refractivity contribution in [2.75, 3.05) is 6.61 Å². The summed E-state index contributed by atoms with van der Waals surface area (Å²) < 4.78 is 5.79. The van der Waals surface area contributed by atoms with Gasteiger partial charge in [0.05, 0.1) is 12.2 Å². The van der Waals surface area contributed by atoms with Crippen LogP contribution in [0.5, 0.6) is 0 Å². The maximum absolute atomic E-state index is 5.79. The molecule has 0 bridgehead atoms. The van der Waals surface area contributed by atoms with E-state index in [1.807, 2.05) is 0 Å². The third-order valence-corrected chi connectivity index (χ3v) is 4.75. The molecule has 1 heteroatoms. The molecule has 0 N–H and O–H groups in total. The molecule has 2 spiro atoms. The summed E-state index contributed by atoms with van der Waals surface area (Å²) in [6.45, 7) is 1.09. The molecule has 10 heavy (non-hydrogen) atoms. The monoisotopic (exact) mass is 136 g/mol. The van der Waals surface area contributed by atoms with Crippen molar-refractivity contribution in [1.82, 2.24) is 0 Å². The van der Waals surface area contributed by atoms with Crippen LogP contribution in [0, 0.1) is 17.3 Å². The first kappa shape index (κ1) is 4.76. The highest BCUT2D eigenvalue weighted by Crippen LogP contribution is 2.83. The first-order valence-corrected chi connectivity index (χ1v) is 4.51. The molecule has 4 atom stereocenters. The van der Waals surface area contributed by atoms with Gasteiger partial charge in [-0.15, -0.1) is 0 Å². The van der Waals surface area contributed by atoms with Gasteiger partial charge in [0.2, 0.25) is 0 Å². The largest absolute Gasteiger partial charge is 0.374 e. The molecule has 1 aliphatic heterocycles. The second kappa shape index (κ2) is 0.989. The van der Waals surface area contributed by atoms with Gasteiger partial charge in [-0.1, -0.05) is 0 Å². The maximum atomic E-state index is 5.79. The minimum atomic E-state index is 0.484. The molecule has 4 rings (SSSR count). The summed E-state index contributed by atoms with van der Waals surface area (Å²) in [5, 5.41) is 0. The van der Waals surface area contributed by atoms with Gasteiger partial charge in [0, 0.05) is 11.3 Å². The Kier molecular flexibility index (Phi) is 0.471. The number of hydrogen-bond acceptors (Lipinski definition) is 1. The third-order valence-electron chi connectivity index (χ3n) is 4.75. The number of hydrogen-bond donors (Lipinski definition) is 0. The molecule has 1 heterocycles. The van der Waals surface area contributed by atoms with Crippen LogP contribution in [0.25, 0.3) is 0 Å². The van der Waals surface area contributed by atoms with Crippen molar-refractivity contribution >= 4 is 0 Å². The Balaban J connectivity index is 1.89.